The number of thioether (sulfide) groups is 1. The molecule has 2 aromatic carbocycles. The first-order valence-corrected chi connectivity index (χ1v) is 8.49. The molecule has 2 rings (SSSR count). The van der Waals surface area contributed by atoms with Crippen LogP contribution in [0.3, 0.4) is 0 Å². The van der Waals surface area contributed by atoms with Gasteiger partial charge in [-0.1, -0.05) is 30.3 Å². The Balaban J connectivity index is 1.89. The van der Waals surface area contributed by atoms with Gasteiger partial charge in [-0.3, -0.25) is 0 Å². The molecule has 3 heteroatoms. The predicted octanol–water partition coefficient (Wildman–Crippen LogP) is 3.87. The molecule has 0 bridgehead atoms. The molecule has 0 saturated carbocycles. The van der Waals surface area contributed by atoms with Crippen molar-refractivity contribution in [2.45, 2.75) is 11.3 Å². The van der Waals surface area contributed by atoms with Gasteiger partial charge in [0.1, 0.15) is 5.75 Å². The summed E-state index contributed by atoms with van der Waals surface area (Å²) in [5, 5.41) is 3.26. The number of ether oxygens (including phenoxy) is 1. The van der Waals surface area contributed by atoms with E-state index in [0.717, 1.165) is 25.3 Å². The second kappa shape index (κ2) is 8.75. The Morgan fingerprint density at radius 1 is 1.05 bits per heavy atom. The Labute approximate surface area is 131 Å². The third-order valence-electron chi connectivity index (χ3n) is 3.41. The quantitative estimate of drug-likeness (QED) is 0.748. The van der Waals surface area contributed by atoms with E-state index in [1.54, 1.807) is 11.8 Å². The van der Waals surface area contributed by atoms with Crippen molar-refractivity contribution in [2.75, 3.05) is 26.5 Å². The topological polar surface area (TPSA) is 21.3 Å². The van der Waals surface area contributed by atoms with Crippen molar-refractivity contribution in [1.82, 2.24) is 5.32 Å². The molecule has 1 atom stereocenters. The van der Waals surface area contributed by atoms with Gasteiger partial charge in [-0.15, -0.1) is 11.8 Å². The smallest absolute Gasteiger partial charge is 0.119 e. The summed E-state index contributed by atoms with van der Waals surface area (Å²) in [6.07, 6.45) is 3.11. The van der Waals surface area contributed by atoms with Crippen molar-refractivity contribution in [3.8, 4) is 5.75 Å². The summed E-state index contributed by atoms with van der Waals surface area (Å²) in [6.45, 7) is 1.69. The van der Waals surface area contributed by atoms with Gasteiger partial charge in [-0.2, -0.15) is 0 Å². The Bertz CT molecular complexity index is 513. The molecule has 0 aliphatic heterocycles. The van der Waals surface area contributed by atoms with Crippen LogP contribution in [0.15, 0.2) is 59.5 Å². The van der Waals surface area contributed by atoms with Crippen LogP contribution in [0.2, 0.25) is 0 Å². The highest BCUT2D eigenvalue weighted by molar-refractivity contribution is 7.98. The normalized spacial score (nSPS) is 12.1. The Morgan fingerprint density at radius 3 is 2.38 bits per heavy atom. The molecule has 0 saturated heterocycles. The molecule has 21 heavy (non-hydrogen) atoms. The van der Waals surface area contributed by atoms with Crippen molar-refractivity contribution >= 4 is 11.8 Å². The minimum Gasteiger partial charge on any atom is -0.493 e. The maximum absolute atomic E-state index is 5.94. The molecule has 0 aliphatic carbocycles. The van der Waals surface area contributed by atoms with E-state index in [2.05, 4.69) is 54.0 Å². The Morgan fingerprint density at radius 2 is 1.76 bits per heavy atom. The average molecular weight is 301 g/mol. The van der Waals surface area contributed by atoms with Gasteiger partial charge in [0.2, 0.25) is 0 Å². The van der Waals surface area contributed by atoms with Crippen LogP contribution in [0.1, 0.15) is 5.56 Å². The molecule has 112 valence electrons. The van der Waals surface area contributed by atoms with Crippen LogP contribution in [-0.4, -0.2) is 26.5 Å². The molecule has 0 aliphatic rings. The van der Waals surface area contributed by atoms with E-state index in [1.807, 2.05) is 19.2 Å². The summed E-state index contributed by atoms with van der Waals surface area (Å²) in [5.41, 5.74) is 1.36. The molecule has 1 unspecified atom stereocenters. The lowest BCUT2D eigenvalue weighted by molar-refractivity contribution is 0.245. The standard InChI is InChI=1S/C18H23NOS/c1-19-13-16(12-15-6-4-3-5-7-15)14-20-17-8-10-18(21-2)11-9-17/h3-11,16,19H,12-14H2,1-2H3. The number of rotatable bonds is 8. The van der Waals surface area contributed by atoms with E-state index in [4.69, 9.17) is 4.74 Å². The largest absolute Gasteiger partial charge is 0.493 e. The van der Waals surface area contributed by atoms with Crippen LogP contribution >= 0.6 is 11.8 Å². The molecule has 0 aromatic heterocycles. The lowest BCUT2D eigenvalue weighted by Gasteiger charge is -2.17. The first-order chi connectivity index (χ1) is 10.3. The summed E-state index contributed by atoms with van der Waals surface area (Å²) in [7, 11) is 1.99. The summed E-state index contributed by atoms with van der Waals surface area (Å²) < 4.78 is 5.94. The third-order valence-corrected chi connectivity index (χ3v) is 4.15. The highest BCUT2D eigenvalue weighted by Crippen LogP contribution is 2.20. The van der Waals surface area contributed by atoms with E-state index in [-0.39, 0.29) is 0 Å². The summed E-state index contributed by atoms with van der Waals surface area (Å²) >= 11 is 1.75. The molecule has 0 heterocycles. The second-order valence-electron chi connectivity index (χ2n) is 5.10. The minimum atomic E-state index is 0.470. The predicted molar refractivity (Wildman–Crippen MR) is 91.3 cm³/mol. The molecule has 0 fully saturated rings. The van der Waals surface area contributed by atoms with Gasteiger partial charge >= 0.3 is 0 Å². The van der Waals surface area contributed by atoms with E-state index in [1.165, 1.54) is 10.5 Å². The van der Waals surface area contributed by atoms with Gasteiger partial charge in [-0.05, 0) is 49.6 Å². The van der Waals surface area contributed by atoms with Crippen LogP contribution < -0.4 is 10.1 Å². The van der Waals surface area contributed by atoms with E-state index < -0.39 is 0 Å². The van der Waals surface area contributed by atoms with Crippen LogP contribution in [0.4, 0.5) is 0 Å². The number of hydrogen-bond donors (Lipinski definition) is 1. The molecule has 0 radical (unpaired) electrons. The van der Waals surface area contributed by atoms with Crippen LogP contribution in [0, 0.1) is 5.92 Å². The third kappa shape index (κ3) is 5.44. The zero-order chi connectivity index (χ0) is 14.9. The first kappa shape index (κ1) is 15.9. The average Bonchev–Trinajstić information content (AvgIpc) is 2.54. The fourth-order valence-corrected chi connectivity index (χ4v) is 2.72. The van der Waals surface area contributed by atoms with Gasteiger partial charge in [-0.25, -0.2) is 0 Å². The van der Waals surface area contributed by atoms with Gasteiger partial charge in [0.15, 0.2) is 0 Å². The Kier molecular flexibility index (Phi) is 6.64. The van der Waals surface area contributed by atoms with Gasteiger partial charge < -0.3 is 10.1 Å². The van der Waals surface area contributed by atoms with Gasteiger partial charge in [0.25, 0.3) is 0 Å². The molecular formula is C18H23NOS. The van der Waals surface area contributed by atoms with Crippen molar-refractivity contribution in [3.63, 3.8) is 0 Å². The number of hydrogen-bond acceptors (Lipinski definition) is 3. The lowest BCUT2D eigenvalue weighted by Crippen LogP contribution is -2.26. The van der Waals surface area contributed by atoms with Crippen molar-refractivity contribution in [3.05, 3.63) is 60.2 Å². The van der Waals surface area contributed by atoms with Gasteiger partial charge in [0.05, 0.1) is 6.61 Å². The molecule has 0 spiro atoms. The first-order valence-electron chi connectivity index (χ1n) is 7.27. The lowest BCUT2D eigenvalue weighted by atomic mass is 10.00. The maximum atomic E-state index is 5.94. The van der Waals surface area contributed by atoms with E-state index >= 15 is 0 Å². The highest BCUT2D eigenvalue weighted by Gasteiger charge is 2.10. The van der Waals surface area contributed by atoms with Crippen LogP contribution in [0.25, 0.3) is 0 Å². The summed E-state index contributed by atoms with van der Waals surface area (Å²) in [5.74, 6) is 1.42. The molecule has 2 nitrogen and oxygen atoms in total. The van der Waals surface area contributed by atoms with Gasteiger partial charge in [0, 0.05) is 17.4 Å². The molecule has 0 amide bonds. The van der Waals surface area contributed by atoms with E-state index in [9.17, 15) is 0 Å². The minimum absolute atomic E-state index is 0.470. The summed E-state index contributed by atoms with van der Waals surface area (Å²) in [4.78, 5) is 1.26. The fraction of sp³-hybridized carbons (Fsp3) is 0.333. The molecule has 1 N–H and O–H groups in total. The SMILES string of the molecule is CNCC(COc1ccc(SC)cc1)Cc1ccccc1. The zero-order valence-corrected chi connectivity index (χ0v) is 13.5. The summed E-state index contributed by atoms with van der Waals surface area (Å²) in [6, 6.07) is 18.9. The molecular weight excluding hydrogens is 278 g/mol. The van der Waals surface area contributed by atoms with Crippen molar-refractivity contribution < 1.29 is 4.74 Å². The van der Waals surface area contributed by atoms with E-state index in [0.29, 0.717) is 5.92 Å². The monoisotopic (exact) mass is 301 g/mol. The zero-order valence-electron chi connectivity index (χ0n) is 12.7. The number of benzene rings is 2. The van der Waals surface area contributed by atoms with Crippen LogP contribution in [-0.2, 0) is 6.42 Å². The molecule has 2 aromatic rings. The van der Waals surface area contributed by atoms with Crippen molar-refractivity contribution in [2.24, 2.45) is 5.92 Å². The van der Waals surface area contributed by atoms with Crippen LogP contribution in [0.5, 0.6) is 5.75 Å². The number of nitrogens with one attached hydrogen (secondary N) is 1. The van der Waals surface area contributed by atoms with Crippen molar-refractivity contribution in [1.29, 1.82) is 0 Å². The second-order valence-corrected chi connectivity index (χ2v) is 5.98. The Hall–Kier alpha value is -1.45. The maximum Gasteiger partial charge on any atom is 0.119 e. The highest BCUT2D eigenvalue weighted by atomic mass is 32.2. The fourth-order valence-electron chi connectivity index (χ4n) is 2.31.